The van der Waals surface area contributed by atoms with E-state index in [1.54, 1.807) is 6.07 Å². The molecule has 2 aromatic heterocycles. The first-order valence-electron chi connectivity index (χ1n) is 8.05. The van der Waals surface area contributed by atoms with Crippen molar-refractivity contribution in [2.24, 2.45) is 5.92 Å². The summed E-state index contributed by atoms with van der Waals surface area (Å²) in [4.78, 5) is 37.3. The first-order chi connectivity index (χ1) is 12.0. The third kappa shape index (κ3) is 4.27. The Hall–Kier alpha value is -2.61. The Morgan fingerprint density at radius 2 is 2.12 bits per heavy atom. The monoisotopic (exact) mass is 361 g/mol. The summed E-state index contributed by atoms with van der Waals surface area (Å²) in [6.07, 6.45) is 4.50. The number of nitrogens with one attached hydrogen (secondary N) is 3. The van der Waals surface area contributed by atoms with Gasteiger partial charge in [-0.15, -0.1) is 11.3 Å². The van der Waals surface area contributed by atoms with E-state index in [9.17, 15) is 14.4 Å². The van der Waals surface area contributed by atoms with Crippen LogP contribution in [0.15, 0.2) is 28.9 Å². The molecule has 0 radical (unpaired) electrons. The Balaban J connectivity index is 1.46. The zero-order valence-corrected chi connectivity index (χ0v) is 14.6. The van der Waals surface area contributed by atoms with Crippen LogP contribution in [0.3, 0.4) is 0 Å². The minimum atomic E-state index is -0.525. The number of aryl methyl sites for hydroxylation is 1. The van der Waals surface area contributed by atoms with E-state index in [2.05, 4.69) is 23.1 Å². The largest absolute Gasteiger partial charge is 0.459 e. The maximum Gasteiger partial charge on any atom is 0.287 e. The summed E-state index contributed by atoms with van der Waals surface area (Å²) in [5.41, 5.74) is 5.90. The number of hydrogen-bond acceptors (Lipinski definition) is 5. The fourth-order valence-corrected chi connectivity index (χ4v) is 3.81. The molecule has 8 heteroatoms. The van der Waals surface area contributed by atoms with Gasteiger partial charge >= 0.3 is 0 Å². The molecule has 7 nitrogen and oxygen atoms in total. The molecule has 3 amide bonds. The molecule has 0 aliphatic heterocycles. The second-order valence-electron chi connectivity index (χ2n) is 6.07. The molecule has 0 saturated heterocycles. The predicted octanol–water partition coefficient (Wildman–Crippen LogP) is 1.66. The summed E-state index contributed by atoms with van der Waals surface area (Å²) < 4.78 is 4.92. The third-order valence-corrected chi connectivity index (χ3v) is 5.26. The number of amides is 3. The number of furan rings is 1. The highest BCUT2D eigenvalue weighted by atomic mass is 32.1. The minimum Gasteiger partial charge on any atom is -0.459 e. The number of hydrazine groups is 1. The summed E-state index contributed by atoms with van der Waals surface area (Å²) in [5, 5.41) is 2.40. The predicted molar refractivity (Wildman–Crippen MR) is 92.2 cm³/mol. The first kappa shape index (κ1) is 17.2. The molecule has 0 fully saturated rings. The van der Waals surface area contributed by atoms with Gasteiger partial charge in [-0.25, -0.2) is 0 Å². The van der Waals surface area contributed by atoms with Crippen molar-refractivity contribution in [1.29, 1.82) is 0 Å². The second-order valence-corrected chi connectivity index (χ2v) is 7.21. The normalized spacial score (nSPS) is 16.0. The molecule has 1 aliphatic rings. The average molecular weight is 361 g/mol. The SMILES string of the molecule is C[C@H]1CCc2sc(C(=O)NNC(=O)CNC(=O)c3ccco3)cc2C1. The standard InChI is InChI=1S/C17H19N3O4S/c1-10-4-5-13-11(7-10)8-14(25-13)17(23)20-19-15(21)9-18-16(22)12-3-2-6-24-12/h2-3,6,8,10H,4-5,7,9H2,1H3,(H,18,22)(H,19,21)(H,20,23)/t10-/m0/s1. The van der Waals surface area contributed by atoms with Crippen molar-refractivity contribution in [3.8, 4) is 0 Å². The average Bonchev–Trinajstić information content (AvgIpc) is 3.26. The highest BCUT2D eigenvalue weighted by Crippen LogP contribution is 2.32. The van der Waals surface area contributed by atoms with Crippen LogP contribution in [0.4, 0.5) is 0 Å². The number of thiophene rings is 1. The number of fused-ring (bicyclic) bond motifs is 1. The van der Waals surface area contributed by atoms with Gasteiger partial charge in [-0.3, -0.25) is 25.2 Å². The molecule has 0 spiro atoms. The molecule has 3 rings (SSSR count). The number of hydrogen-bond donors (Lipinski definition) is 3. The van der Waals surface area contributed by atoms with Crippen LogP contribution in [0, 0.1) is 5.92 Å². The van der Waals surface area contributed by atoms with Crippen molar-refractivity contribution in [2.75, 3.05) is 6.54 Å². The lowest BCUT2D eigenvalue weighted by Gasteiger charge is -2.16. The molecule has 1 atom stereocenters. The van der Waals surface area contributed by atoms with Gasteiger partial charge in [-0.05, 0) is 48.9 Å². The number of carbonyl (C=O) groups excluding carboxylic acids is 3. The van der Waals surface area contributed by atoms with Gasteiger partial charge in [-0.2, -0.15) is 0 Å². The topological polar surface area (TPSA) is 100 Å². The van der Waals surface area contributed by atoms with E-state index in [1.807, 2.05) is 6.07 Å². The zero-order chi connectivity index (χ0) is 17.8. The van der Waals surface area contributed by atoms with Gasteiger partial charge in [0.1, 0.15) is 0 Å². The lowest BCUT2D eigenvalue weighted by molar-refractivity contribution is -0.120. The van der Waals surface area contributed by atoms with Gasteiger partial charge in [0.2, 0.25) is 0 Å². The van der Waals surface area contributed by atoms with E-state index in [0.29, 0.717) is 10.8 Å². The van der Waals surface area contributed by atoms with Crippen molar-refractivity contribution in [3.63, 3.8) is 0 Å². The molecule has 3 N–H and O–H groups in total. The molecule has 0 bridgehead atoms. The van der Waals surface area contributed by atoms with Crippen LogP contribution < -0.4 is 16.2 Å². The Morgan fingerprint density at radius 1 is 1.28 bits per heavy atom. The van der Waals surface area contributed by atoms with E-state index in [1.165, 1.54) is 34.1 Å². The van der Waals surface area contributed by atoms with Crippen LogP contribution in [0.2, 0.25) is 0 Å². The molecule has 1 aliphatic carbocycles. The van der Waals surface area contributed by atoms with Gasteiger partial charge in [0.15, 0.2) is 5.76 Å². The quantitative estimate of drug-likeness (QED) is 0.721. The Labute approximate surface area is 148 Å². The van der Waals surface area contributed by atoms with E-state index in [4.69, 9.17) is 4.42 Å². The van der Waals surface area contributed by atoms with Gasteiger partial charge in [0.05, 0.1) is 17.7 Å². The van der Waals surface area contributed by atoms with E-state index in [-0.39, 0.29) is 18.2 Å². The number of carbonyl (C=O) groups is 3. The van der Waals surface area contributed by atoms with E-state index < -0.39 is 11.8 Å². The minimum absolute atomic E-state index is 0.121. The summed E-state index contributed by atoms with van der Waals surface area (Å²) in [6.45, 7) is 1.94. The Kier molecular flexibility index (Phi) is 5.18. The second kappa shape index (κ2) is 7.52. The molecular weight excluding hydrogens is 342 g/mol. The Morgan fingerprint density at radius 3 is 2.88 bits per heavy atom. The van der Waals surface area contributed by atoms with Crippen molar-refractivity contribution in [2.45, 2.75) is 26.2 Å². The summed E-state index contributed by atoms with van der Waals surface area (Å²) in [6, 6.07) is 4.97. The fourth-order valence-electron chi connectivity index (χ4n) is 2.71. The van der Waals surface area contributed by atoms with Gasteiger partial charge < -0.3 is 9.73 Å². The van der Waals surface area contributed by atoms with Crippen LogP contribution in [0.25, 0.3) is 0 Å². The highest BCUT2D eigenvalue weighted by Gasteiger charge is 2.21. The van der Waals surface area contributed by atoms with Crippen molar-refractivity contribution in [1.82, 2.24) is 16.2 Å². The zero-order valence-electron chi connectivity index (χ0n) is 13.8. The van der Waals surface area contributed by atoms with Gasteiger partial charge in [0.25, 0.3) is 17.7 Å². The number of rotatable bonds is 4. The lowest BCUT2D eigenvalue weighted by Crippen LogP contribution is -2.46. The van der Waals surface area contributed by atoms with Gasteiger partial charge in [-0.1, -0.05) is 6.92 Å². The molecular formula is C17H19N3O4S. The molecule has 0 saturated carbocycles. The summed E-state index contributed by atoms with van der Waals surface area (Å²) in [7, 11) is 0. The maximum absolute atomic E-state index is 12.2. The molecule has 0 unspecified atom stereocenters. The fraction of sp³-hybridized carbons (Fsp3) is 0.353. The lowest BCUT2D eigenvalue weighted by atomic mass is 9.90. The van der Waals surface area contributed by atoms with Crippen LogP contribution >= 0.6 is 11.3 Å². The third-order valence-electron chi connectivity index (χ3n) is 4.02. The molecule has 2 heterocycles. The highest BCUT2D eigenvalue weighted by molar-refractivity contribution is 7.14. The van der Waals surface area contributed by atoms with E-state index >= 15 is 0 Å². The van der Waals surface area contributed by atoms with Crippen LogP contribution in [0.1, 0.15) is 44.0 Å². The summed E-state index contributed by atoms with van der Waals surface area (Å²) >= 11 is 1.47. The van der Waals surface area contributed by atoms with Crippen molar-refractivity contribution >= 4 is 29.1 Å². The van der Waals surface area contributed by atoms with E-state index in [0.717, 1.165) is 19.3 Å². The van der Waals surface area contributed by atoms with Gasteiger partial charge in [0, 0.05) is 4.88 Å². The van der Waals surface area contributed by atoms with Crippen molar-refractivity contribution in [3.05, 3.63) is 45.5 Å². The molecule has 25 heavy (non-hydrogen) atoms. The van der Waals surface area contributed by atoms with Crippen LogP contribution in [-0.4, -0.2) is 24.3 Å². The smallest absolute Gasteiger partial charge is 0.287 e. The van der Waals surface area contributed by atoms with Crippen molar-refractivity contribution < 1.29 is 18.8 Å². The Bertz CT molecular complexity index is 782. The van der Waals surface area contributed by atoms with Crippen LogP contribution in [0.5, 0.6) is 0 Å². The molecule has 0 aromatic carbocycles. The van der Waals surface area contributed by atoms with Crippen LogP contribution in [-0.2, 0) is 17.6 Å². The molecule has 132 valence electrons. The first-order valence-corrected chi connectivity index (χ1v) is 8.87. The summed E-state index contributed by atoms with van der Waals surface area (Å²) in [5.74, 6) is -0.613. The molecule has 2 aromatic rings. The maximum atomic E-state index is 12.2.